The Kier molecular flexibility index (Phi) is 5.64. The Balaban J connectivity index is 3.37. The fraction of sp³-hybridized carbons (Fsp3) is 0.273. The molecule has 0 aliphatic heterocycles. The van der Waals surface area contributed by atoms with Gasteiger partial charge in [0.25, 0.3) is 0 Å². The average molecular weight is 325 g/mol. The molecular formula is C11H14Cl2N2O3S. The van der Waals surface area contributed by atoms with Crippen molar-refractivity contribution in [3.8, 4) is 0 Å². The molecule has 8 heteroatoms. The van der Waals surface area contributed by atoms with E-state index in [9.17, 15) is 8.42 Å². The summed E-state index contributed by atoms with van der Waals surface area (Å²) in [6, 6.07) is 2.61. The number of hydrogen-bond donors (Lipinski definition) is 2. The second-order valence-corrected chi connectivity index (χ2v) is 6.40. The third-order valence-electron chi connectivity index (χ3n) is 2.32. The number of rotatable bonds is 6. The molecule has 0 amide bonds. The molecule has 5 nitrogen and oxygen atoms in total. The molecule has 0 aromatic heterocycles. The van der Waals surface area contributed by atoms with Crippen LogP contribution in [0.25, 0.3) is 0 Å². The molecule has 0 unspecified atom stereocenters. The Bertz CT molecular complexity index is 552. The van der Waals surface area contributed by atoms with E-state index in [1.54, 1.807) is 0 Å². The van der Waals surface area contributed by atoms with Gasteiger partial charge in [-0.15, -0.1) is 6.58 Å². The van der Waals surface area contributed by atoms with Crippen LogP contribution in [0.15, 0.2) is 29.7 Å². The lowest BCUT2D eigenvalue weighted by Gasteiger charge is -2.21. The highest BCUT2D eigenvalue weighted by molar-refractivity contribution is 7.89. The van der Waals surface area contributed by atoms with Crippen LogP contribution >= 0.6 is 23.2 Å². The van der Waals surface area contributed by atoms with E-state index in [2.05, 4.69) is 6.58 Å². The van der Waals surface area contributed by atoms with E-state index < -0.39 is 10.0 Å². The zero-order valence-electron chi connectivity index (χ0n) is 10.0. The summed E-state index contributed by atoms with van der Waals surface area (Å²) in [5.74, 6) is 0. The van der Waals surface area contributed by atoms with Gasteiger partial charge in [-0.2, -0.15) is 4.31 Å². The van der Waals surface area contributed by atoms with Crippen molar-refractivity contribution in [2.75, 3.05) is 25.4 Å². The Hall–Kier alpha value is -0.790. The van der Waals surface area contributed by atoms with Crippen molar-refractivity contribution in [1.29, 1.82) is 0 Å². The standard InChI is InChI=1S/C11H14Cl2N2O3S/c1-2-3-15(4-5-16)19(17,18)11-9(13)6-8(12)7-10(11)14/h2,6-7,16H,1,3-5,14H2. The molecule has 0 aliphatic rings. The van der Waals surface area contributed by atoms with E-state index >= 15 is 0 Å². The first-order chi connectivity index (χ1) is 8.84. The molecule has 106 valence electrons. The van der Waals surface area contributed by atoms with Crippen LogP contribution in [-0.2, 0) is 10.0 Å². The van der Waals surface area contributed by atoms with Gasteiger partial charge in [0.15, 0.2) is 0 Å². The summed E-state index contributed by atoms with van der Waals surface area (Å²) in [5.41, 5.74) is 5.64. The van der Waals surface area contributed by atoms with Crippen LogP contribution in [0.1, 0.15) is 0 Å². The molecule has 0 saturated heterocycles. The van der Waals surface area contributed by atoms with Crippen LogP contribution in [0.3, 0.4) is 0 Å². The van der Waals surface area contributed by atoms with Crippen LogP contribution in [0.4, 0.5) is 5.69 Å². The van der Waals surface area contributed by atoms with E-state index in [-0.39, 0.29) is 40.3 Å². The van der Waals surface area contributed by atoms with E-state index in [4.69, 9.17) is 34.0 Å². The smallest absolute Gasteiger partial charge is 0.246 e. The largest absolute Gasteiger partial charge is 0.398 e. The van der Waals surface area contributed by atoms with Gasteiger partial charge in [-0.1, -0.05) is 29.3 Å². The van der Waals surface area contributed by atoms with Gasteiger partial charge >= 0.3 is 0 Å². The average Bonchev–Trinajstić information content (AvgIpc) is 2.26. The number of nitrogens with zero attached hydrogens (tertiary/aromatic N) is 1. The van der Waals surface area contributed by atoms with Crippen molar-refractivity contribution in [3.63, 3.8) is 0 Å². The van der Waals surface area contributed by atoms with Crippen LogP contribution in [0.5, 0.6) is 0 Å². The van der Waals surface area contributed by atoms with Crippen molar-refractivity contribution < 1.29 is 13.5 Å². The molecule has 0 saturated carbocycles. The third kappa shape index (κ3) is 3.61. The topological polar surface area (TPSA) is 83.6 Å². The number of benzene rings is 1. The van der Waals surface area contributed by atoms with Gasteiger partial charge in [0.1, 0.15) is 4.90 Å². The van der Waals surface area contributed by atoms with Gasteiger partial charge in [-0.25, -0.2) is 8.42 Å². The maximum Gasteiger partial charge on any atom is 0.246 e. The first kappa shape index (κ1) is 16.3. The lowest BCUT2D eigenvalue weighted by molar-refractivity contribution is 0.260. The fourth-order valence-corrected chi connectivity index (χ4v) is 3.89. The Morgan fingerprint density at radius 2 is 2.05 bits per heavy atom. The third-order valence-corrected chi connectivity index (χ3v) is 4.93. The minimum absolute atomic E-state index is 0.0375. The number of hydrogen-bond acceptors (Lipinski definition) is 4. The fourth-order valence-electron chi connectivity index (χ4n) is 1.55. The van der Waals surface area contributed by atoms with Crippen molar-refractivity contribution in [1.82, 2.24) is 4.31 Å². The number of anilines is 1. The van der Waals surface area contributed by atoms with Gasteiger partial charge < -0.3 is 10.8 Å². The minimum atomic E-state index is -3.92. The predicted octanol–water partition coefficient (Wildman–Crippen LogP) is 1.74. The highest BCUT2D eigenvalue weighted by Gasteiger charge is 2.28. The van der Waals surface area contributed by atoms with Crippen molar-refractivity contribution in [3.05, 3.63) is 34.8 Å². The summed E-state index contributed by atoms with van der Waals surface area (Å²) in [6.45, 7) is 3.12. The highest BCUT2D eigenvalue weighted by Crippen LogP contribution is 2.33. The highest BCUT2D eigenvalue weighted by atomic mass is 35.5. The molecule has 0 heterocycles. The van der Waals surface area contributed by atoms with Crippen LogP contribution in [-0.4, -0.2) is 37.5 Å². The lowest BCUT2D eigenvalue weighted by Crippen LogP contribution is -2.34. The normalized spacial score (nSPS) is 11.8. The van der Waals surface area contributed by atoms with E-state index in [1.165, 1.54) is 18.2 Å². The van der Waals surface area contributed by atoms with Crippen molar-refractivity contribution in [2.45, 2.75) is 4.90 Å². The van der Waals surface area contributed by atoms with E-state index in [0.29, 0.717) is 0 Å². The van der Waals surface area contributed by atoms with Gasteiger partial charge in [0, 0.05) is 18.1 Å². The SMILES string of the molecule is C=CCN(CCO)S(=O)(=O)c1c(N)cc(Cl)cc1Cl. The molecule has 0 aliphatic carbocycles. The summed E-state index contributed by atoms with van der Waals surface area (Å²) in [6.07, 6.45) is 1.41. The molecule has 0 spiro atoms. The Morgan fingerprint density at radius 1 is 1.42 bits per heavy atom. The molecule has 1 aromatic rings. The summed E-state index contributed by atoms with van der Waals surface area (Å²) in [5, 5.41) is 9.12. The molecule has 1 aromatic carbocycles. The molecule has 0 atom stereocenters. The number of nitrogen functional groups attached to an aromatic ring is 1. The second kappa shape index (κ2) is 6.58. The maximum atomic E-state index is 12.4. The number of nitrogens with two attached hydrogens (primary N) is 1. The van der Waals surface area contributed by atoms with Crippen LogP contribution in [0.2, 0.25) is 10.0 Å². The quantitative estimate of drug-likeness (QED) is 0.616. The molecule has 1 rings (SSSR count). The summed E-state index contributed by atoms with van der Waals surface area (Å²) < 4.78 is 25.9. The number of halogens is 2. The first-order valence-corrected chi connectivity index (χ1v) is 7.50. The van der Waals surface area contributed by atoms with Crippen molar-refractivity contribution in [2.24, 2.45) is 0 Å². The van der Waals surface area contributed by atoms with Gasteiger partial charge in [-0.3, -0.25) is 0 Å². The molecule has 0 fully saturated rings. The summed E-state index contributed by atoms with van der Waals surface area (Å²) >= 11 is 11.7. The molecule has 19 heavy (non-hydrogen) atoms. The van der Waals surface area contributed by atoms with Crippen molar-refractivity contribution >= 4 is 38.9 Å². The molecule has 3 N–H and O–H groups in total. The molecular weight excluding hydrogens is 311 g/mol. The Morgan fingerprint density at radius 3 is 2.53 bits per heavy atom. The first-order valence-electron chi connectivity index (χ1n) is 5.31. The van der Waals surface area contributed by atoms with Crippen LogP contribution in [0, 0.1) is 0 Å². The van der Waals surface area contributed by atoms with E-state index in [1.807, 2.05) is 0 Å². The Labute approximate surface area is 122 Å². The number of aliphatic hydroxyl groups is 1. The summed E-state index contributed by atoms with van der Waals surface area (Å²) in [7, 11) is -3.92. The van der Waals surface area contributed by atoms with Gasteiger partial charge in [0.2, 0.25) is 10.0 Å². The monoisotopic (exact) mass is 324 g/mol. The van der Waals surface area contributed by atoms with Gasteiger partial charge in [0.05, 0.1) is 17.3 Å². The van der Waals surface area contributed by atoms with Gasteiger partial charge in [-0.05, 0) is 12.1 Å². The zero-order valence-corrected chi connectivity index (χ0v) is 12.3. The van der Waals surface area contributed by atoms with Crippen LogP contribution < -0.4 is 5.73 Å². The predicted molar refractivity (Wildman–Crippen MR) is 76.9 cm³/mol. The second-order valence-electron chi connectivity index (χ2n) is 3.68. The minimum Gasteiger partial charge on any atom is -0.398 e. The lowest BCUT2D eigenvalue weighted by atomic mass is 10.3. The zero-order chi connectivity index (χ0) is 14.6. The number of aliphatic hydroxyl groups excluding tert-OH is 1. The maximum absolute atomic E-state index is 12.4. The molecule has 0 bridgehead atoms. The van der Waals surface area contributed by atoms with E-state index in [0.717, 1.165) is 4.31 Å². The number of sulfonamides is 1. The summed E-state index contributed by atoms with van der Waals surface area (Å²) in [4.78, 5) is -0.214. The molecule has 0 radical (unpaired) electrons.